The third kappa shape index (κ3) is 8.36. The number of nitrogens with two attached hydrogens (primary N) is 1. The highest BCUT2D eigenvalue weighted by molar-refractivity contribution is 6.33. The van der Waals surface area contributed by atoms with Gasteiger partial charge in [-0.2, -0.15) is 0 Å². The van der Waals surface area contributed by atoms with E-state index >= 15 is 0 Å². The smallest absolute Gasteiger partial charge is 0.253 e. The van der Waals surface area contributed by atoms with E-state index in [0.717, 1.165) is 55.4 Å². The van der Waals surface area contributed by atoms with Crippen LogP contribution in [0.25, 0.3) is 44.0 Å². The van der Waals surface area contributed by atoms with Gasteiger partial charge in [-0.1, -0.05) is 29.3 Å². The van der Waals surface area contributed by atoms with Crippen LogP contribution in [0.4, 0.5) is 5.82 Å². The lowest BCUT2D eigenvalue weighted by Gasteiger charge is -2.11. The molecule has 16 nitrogen and oxygen atoms in total. The Morgan fingerprint density at radius 2 is 1.54 bits per heavy atom. The Morgan fingerprint density at radius 1 is 0.842 bits per heavy atom. The number of fused-ring (bicyclic) bond motifs is 4. The largest absolute Gasteiger partial charge is 0.480 e. The maximum atomic E-state index is 13.4. The van der Waals surface area contributed by atoms with Crippen LogP contribution in [0.1, 0.15) is 32.7 Å². The Bertz CT molecular complexity index is 2850. The summed E-state index contributed by atoms with van der Waals surface area (Å²) in [5.41, 5.74) is 13.0. The summed E-state index contributed by atoms with van der Waals surface area (Å²) in [6.45, 7) is 4.61. The third-order valence-corrected chi connectivity index (χ3v) is 9.45. The molecule has 9 rings (SSSR count). The van der Waals surface area contributed by atoms with Gasteiger partial charge in [0.2, 0.25) is 11.8 Å². The normalized spacial score (nSPS) is 10.9. The van der Waals surface area contributed by atoms with E-state index < -0.39 is 0 Å². The number of ether oxygens (including phenoxy) is 2. The Balaban J connectivity index is 0.000000189. The molecule has 8 heterocycles. The number of rotatable bonds is 7. The summed E-state index contributed by atoms with van der Waals surface area (Å²) in [7, 11) is 3.11. The molecule has 0 bridgehead atoms. The van der Waals surface area contributed by atoms with Crippen molar-refractivity contribution in [2.24, 2.45) is 0 Å². The molecule has 1 aromatic carbocycles. The number of aromatic amines is 2. The van der Waals surface area contributed by atoms with Crippen molar-refractivity contribution in [2.45, 2.75) is 26.9 Å². The molecule has 9 aromatic rings. The molecule has 0 saturated heterocycles. The molecule has 57 heavy (non-hydrogen) atoms. The predicted molar refractivity (Wildman–Crippen MR) is 219 cm³/mol. The van der Waals surface area contributed by atoms with Crippen molar-refractivity contribution in [2.75, 3.05) is 20.0 Å². The van der Waals surface area contributed by atoms with Gasteiger partial charge < -0.3 is 35.1 Å². The van der Waals surface area contributed by atoms with Gasteiger partial charge in [-0.25, -0.2) is 34.9 Å². The second kappa shape index (κ2) is 16.8. The Kier molecular flexibility index (Phi) is 11.3. The van der Waals surface area contributed by atoms with Crippen molar-refractivity contribution in [1.29, 1.82) is 0 Å². The van der Waals surface area contributed by atoms with Gasteiger partial charge in [0, 0.05) is 49.0 Å². The van der Waals surface area contributed by atoms with Crippen molar-refractivity contribution in [1.82, 2.24) is 59.7 Å². The molecule has 0 unspecified atom stereocenters. The number of nitrogen functional groups attached to an aromatic ring is 1. The lowest BCUT2D eigenvalue weighted by atomic mass is 10.1. The first-order valence-corrected chi connectivity index (χ1v) is 18.1. The monoisotopic (exact) mass is 803 g/mol. The number of nitrogens with one attached hydrogen (secondary N) is 3. The quantitative estimate of drug-likeness (QED) is 0.123. The number of halogens is 2. The van der Waals surface area contributed by atoms with E-state index in [-0.39, 0.29) is 5.91 Å². The lowest BCUT2D eigenvalue weighted by Crippen LogP contribution is -2.24. The molecule has 0 saturated carbocycles. The molecule has 0 aliphatic carbocycles. The molecule has 18 heteroatoms. The summed E-state index contributed by atoms with van der Waals surface area (Å²) >= 11 is 11.9. The maximum Gasteiger partial charge on any atom is 0.253 e. The van der Waals surface area contributed by atoms with Gasteiger partial charge in [-0.05, 0) is 66.9 Å². The topological polar surface area (TPSA) is 213 Å². The first-order chi connectivity index (χ1) is 27.6. The summed E-state index contributed by atoms with van der Waals surface area (Å²) in [6.07, 6.45) is 11.3. The third-order valence-electron chi connectivity index (χ3n) is 8.94. The van der Waals surface area contributed by atoms with Gasteiger partial charge in [0.15, 0.2) is 0 Å². The van der Waals surface area contributed by atoms with Crippen LogP contribution in [0.2, 0.25) is 10.2 Å². The Labute approximate surface area is 334 Å². The molecule has 0 aliphatic heterocycles. The fourth-order valence-corrected chi connectivity index (χ4v) is 6.63. The number of H-pyrrole nitrogens is 2. The van der Waals surface area contributed by atoms with E-state index in [0.29, 0.717) is 57.4 Å². The van der Waals surface area contributed by atoms with Crippen LogP contribution in [0, 0.1) is 13.8 Å². The van der Waals surface area contributed by atoms with Crippen LogP contribution in [-0.2, 0) is 13.1 Å². The van der Waals surface area contributed by atoms with Crippen molar-refractivity contribution in [3.8, 4) is 11.8 Å². The first-order valence-electron chi connectivity index (χ1n) is 17.3. The maximum absolute atomic E-state index is 13.4. The van der Waals surface area contributed by atoms with Gasteiger partial charge in [-0.3, -0.25) is 9.78 Å². The summed E-state index contributed by atoms with van der Waals surface area (Å²) in [5.74, 6) is 1.13. The van der Waals surface area contributed by atoms with Crippen LogP contribution in [0.3, 0.4) is 0 Å². The Morgan fingerprint density at radius 3 is 2.28 bits per heavy atom. The van der Waals surface area contributed by atoms with Gasteiger partial charge in [0.1, 0.15) is 46.9 Å². The number of anilines is 1. The average Bonchev–Trinajstić information content (AvgIpc) is 3.98. The number of aromatic nitrogens is 11. The summed E-state index contributed by atoms with van der Waals surface area (Å²) in [4.78, 5) is 52.3. The zero-order chi connectivity index (χ0) is 40.1. The van der Waals surface area contributed by atoms with Crippen LogP contribution in [0.15, 0.2) is 86.2 Å². The van der Waals surface area contributed by atoms with Gasteiger partial charge in [-0.15, -0.1) is 0 Å². The average molecular weight is 805 g/mol. The van der Waals surface area contributed by atoms with E-state index in [4.69, 9.17) is 38.4 Å². The highest BCUT2D eigenvalue weighted by atomic mass is 35.5. The fourth-order valence-electron chi connectivity index (χ4n) is 6.26. The molecule has 0 aliphatic rings. The minimum atomic E-state index is -0.267. The Hall–Kier alpha value is -6.91. The number of amides is 1. The van der Waals surface area contributed by atoms with Crippen molar-refractivity contribution in [3.05, 3.63) is 124 Å². The van der Waals surface area contributed by atoms with Crippen molar-refractivity contribution in [3.63, 3.8) is 0 Å². The number of pyridine rings is 2. The zero-order valence-corrected chi connectivity index (χ0v) is 32.6. The van der Waals surface area contributed by atoms with Gasteiger partial charge in [0.25, 0.3) is 5.91 Å². The second-order valence-electron chi connectivity index (χ2n) is 12.6. The molecular weight excluding hydrogens is 769 g/mol. The summed E-state index contributed by atoms with van der Waals surface area (Å²) in [6, 6.07) is 13.4. The minimum Gasteiger partial charge on any atom is -0.480 e. The number of hydrogen-bond acceptors (Lipinski definition) is 12. The molecule has 5 N–H and O–H groups in total. The van der Waals surface area contributed by atoms with Crippen LogP contribution < -0.4 is 20.5 Å². The lowest BCUT2D eigenvalue weighted by molar-refractivity contribution is 0.0952. The van der Waals surface area contributed by atoms with Crippen LogP contribution in [0.5, 0.6) is 11.8 Å². The molecule has 288 valence electrons. The molecule has 1 amide bonds. The van der Waals surface area contributed by atoms with Crippen molar-refractivity contribution < 1.29 is 14.3 Å². The predicted octanol–water partition coefficient (Wildman–Crippen LogP) is 6.79. The SMILES string of the molecule is COc1ncnc2[nH]ccc12.COc1ncnc2c1c(C(=O)NCc1c(C)cc(N)nc1C)cn2Cc1ccc2ncc(Cl)cc2c1.Clc1ncnc2[nH]ccc12. The number of benzene rings is 1. The van der Waals surface area contributed by atoms with E-state index in [2.05, 4.69) is 55.2 Å². The van der Waals surface area contributed by atoms with Crippen LogP contribution in [-0.4, -0.2) is 74.5 Å². The molecule has 0 radical (unpaired) electrons. The van der Waals surface area contributed by atoms with E-state index in [1.54, 1.807) is 31.8 Å². The summed E-state index contributed by atoms with van der Waals surface area (Å²) in [5, 5.41) is 7.33. The number of hydrogen-bond donors (Lipinski definition) is 4. The van der Waals surface area contributed by atoms with E-state index in [1.807, 2.05) is 61.0 Å². The number of carbonyl (C=O) groups is 1. The van der Waals surface area contributed by atoms with Crippen molar-refractivity contribution >= 4 is 78.9 Å². The molecule has 0 atom stereocenters. The molecule has 0 fully saturated rings. The van der Waals surface area contributed by atoms with E-state index in [1.165, 1.54) is 26.1 Å². The number of nitrogens with zero attached hydrogens (tertiary/aromatic N) is 9. The number of methoxy groups -OCH3 is 2. The minimum absolute atomic E-state index is 0.267. The van der Waals surface area contributed by atoms with E-state index in [9.17, 15) is 4.79 Å². The van der Waals surface area contributed by atoms with Gasteiger partial charge >= 0.3 is 0 Å². The zero-order valence-electron chi connectivity index (χ0n) is 31.1. The standard InChI is InChI=1S/C26H24ClN7O2.C7H7N3O.C6H4ClN3/c1-14-6-22(28)33-15(2)19(14)10-30-25(35)20-12-34(24-23(20)26(36-3)32-13-31-24)11-16-4-5-21-17(7-16)8-18(27)9-29-21;1-11-7-5-2-3-8-6(5)9-4-10-7;7-5-4-1-2-8-6(4)10-3-9-5/h4-9,12-13H,10-11H2,1-3H3,(H2,28,33)(H,30,35);2-4H,1H3,(H,8,9,10);1-3H,(H,8,9,10). The second-order valence-corrected chi connectivity index (χ2v) is 13.4. The summed E-state index contributed by atoms with van der Waals surface area (Å²) < 4.78 is 12.4. The highest BCUT2D eigenvalue weighted by Gasteiger charge is 2.21. The molecule has 0 spiro atoms. The highest BCUT2D eigenvalue weighted by Crippen LogP contribution is 2.29. The molecule has 8 aromatic heterocycles. The molecular formula is C39H35Cl2N13O3. The number of carbonyl (C=O) groups excluding carboxylic acids is 1. The fraction of sp³-hybridized carbons (Fsp3) is 0.154. The first kappa shape index (κ1) is 38.4. The van der Waals surface area contributed by atoms with Crippen LogP contribution >= 0.6 is 23.2 Å². The number of aryl methyl sites for hydroxylation is 2. The van der Waals surface area contributed by atoms with Gasteiger partial charge in [0.05, 0.1) is 46.5 Å².